The highest BCUT2D eigenvalue weighted by Crippen LogP contribution is 2.12. The average molecular weight is 550 g/mol. The van der Waals surface area contributed by atoms with Crippen LogP contribution < -0.4 is 5.32 Å². The van der Waals surface area contributed by atoms with Crippen molar-refractivity contribution in [3.63, 3.8) is 0 Å². The van der Waals surface area contributed by atoms with Crippen LogP contribution in [-0.4, -0.2) is 104 Å². The summed E-state index contributed by atoms with van der Waals surface area (Å²) in [6, 6.07) is 0. The van der Waals surface area contributed by atoms with E-state index in [2.05, 4.69) is 60.7 Å². The van der Waals surface area contributed by atoms with Gasteiger partial charge in [0, 0.05) is 26.4 Å². The highest BCUT2D eigenvalue weighted by atomic mass is 16.6. The number of nitrogens with one attached hydrogen (secondary N) is 1. The first kappa shape index (κ1) is 37.2. The molecule has 0 aromatic carbocycles. The fourth-order valence-corrected chi connectivity index (χ4v) is 3.18. The van der Waals surface area contributed by atoms with E-state index >= 15 is 0 Å². The van der Waals surface area contributed by atoms with Gasteiger partial charge < -0.3 is 38.5 Å². The molecule has 0 spiro atoms. The molecule has 0 aliphatic carbocycles. The Labute approximate surface area is 232 Å². The van der Waals surface area contributed by atoms with E-state index in [0.29, 0.717) is 103 Å². The summed E-state index contributed by atoms with van der Waals surface area (Å²) in [6.45, 7) is 23.1. The Hall–Kier alpha value is -0.810. The largest absolute Gasteiger partial charge is 0.379 e. The van der Waals surface area contributed by atoms with Crippen LogP contribution in [0.25, 0.3) is 0 Å². The van der Waals surface area contributed by atoms with Crippen LogP contribution in [0.5, 0.6) is 0 Å². The first-order valence-electron chi connectivity index (χ1n) is 14.4. The van der Waals surface area contributed by atoms with Crippen molar-refractivity contribution in [3.8, 4) is 0 Å². The molecule has 0 bridgehead atoms. The predicted octanol–water partition coefficient (Wildman–Crippen LogP) is 3.97. The molecule has 0 unspecified atom stereocenters. The lowest BCUT2D eigenvalue weighted by molar-refractivity contribution is -0.133. The van der Waals surface area contributed by atoms with Crippen LogP contribution in [0.3, 0.4) is 0 Å². The number of hydrogen-bond donors (Lipinski definition) is 1. The van der Waals surface area contributed by atoms with Crippen molar-refractivity contribution in [2.75, 3.05) is 92.5 Å². The van der Waals surface area contributed by atoms with E-state index in [1.165, 1.54) is 0 Å². The van der Waals surface area contributed by atoms with Crippen LogP contribution in [0.1, 0.15) is 61.8 Å². The molecule has 0 saturated heterocycles. The van der Waals surface area contributed by atoms with Crippen LogP contribution in [0.2, 0.25) is 0 Å². The number of carbonyl (C=O) groups is 1. The highest BCUT2D eigenvalue weighted by Gasteiger charge is 2.34. The lowest BCUT2D eigenvalue weighted by Crippen LogP contribution is -2.59. The topological polar surface area (TPSA) is 93.7 Å². The third-order valence-electron chi connectivity index (χ3n) is 5.08. The number of carbonyl (C=O) groups excluding carboxylic acids is 1. The Morgan fingerprint density at radius 1 is 0.526 bits per heavy atom. The van der Waals surface area contributed by atoms with Crippen LogP contribution in [0, 0.1) is 23.7 Å². The molecule has 0 radical (unpaired) electrons. The van der Waals surface area contributed by atoms with E-state index < -0.39 is 5.54 Å². The van der Waals surface area contributed by atoms with Crippen molar-refractivity contribution in [2.24, 2.45) is 23.7 Å². The molecule has 0 rings (SSSR count). The smallest absolute Gasteiger partial charge is 0.246 e. The van der Waals surface area contributed by atoms with Crippen LogP contribution in [0.15, 0.2) is 0 Å². The summed E-state index contributed by atoms with van der Waals surface area (Å²) in [7, 11) is 0. The number of ether oxygens (including phenoxy) is 7. The maximum absolute atomic E-state index is 12.8. The zero-order valence-corrected chi connectivity index (χ0v) is 25.7. The third kappa shape index (κ3) is 24.2. The molecule has 0 aliphatic rings. The fourth-order valence-electron chi connectivity index (χ4n) is 3.18. The van der Waals surface area contributed by atoms with E-state index in [0.717, 1.165) is 13.0 Å². The second-order valence-corrected chi connectivity index (χ2v) is 11.6. The molecular weight excluding hydrogens is 490 g/mol. The van der Waals surface area contributed by atoms with Crippen molar-refractivity contribution < 1.29 is 38.0 Å². The summed E-state index contributed by atoms with van der Waals surface area (Å²) in [4.78, 5) is 12.8. The quantitative estimate of drug-likeness (QED) is 0.154. The first-order chi connectivity index (χ1) is 18.1. The Morgan fingerprint density at radius 3 is 1.26 bits per heavy atom. The molecule has 9 nitrogen and oxygen atoms in total. The van der Waals surface area contributed by atoms with E-state index in [1.807, 2.05) is 0 Å². The van der Waals surface area contributed by atoms with Crippen molar-refractivity contribution in [3.05, 3.63) is 0 Å². The van der Waals surface area contributed by atoms with Gasteiger partial charge in [-0.1, -0.05) is 55.4 Å². The van der Waals surface area contributed by atoms with Gasteiger partial charge in [-0.05, 0) is 30.1 Å². The van der Waals surface area contributed by atoms with Gasteiger partial charge in [0.25, 0.3) is 0 Å². The molecule has 0 fully saturated rings. The van der Waals surface area contributed by atoms with Gasteiger partial charge in [0.15, 0.2) is 0 Å². The molecule has 9 heteroatoms. The monoisotopic (exact) mass is 549 g/mol. The van der Waals surface area contributed by atoms with Crippen molar-refractivity contribution >= 4 is 5.91 Å². The lowest BCUT2D eigenvalue weighted by atomic mass is 10.0. The molecule has 228 valence electrons. The fraction of sp³-hybridized carbons (Fsp3) is 0.966. The minimum atomic E-state index is -0.786. The second kappa shape index (κ2) is 24.0. The minimum Gasteiger partial charge on any atom is -0.379 e. The van der Waals surface area contributed by atoms with Gasteiger partial charge in [-0.25, -0.2) is 0 Å². The summed E-state index contributed by atoms with van der Waals surface area (Å²) >= 11 is 0. The van der Waals surface area contributed by atoms with Gasteiger partial charge in [0.1, 0.15) is 12.1 Å². The van der Waals surface area contributed by atoms with Crippen LogP contribution >= 0.6 is 0 Å². The number of hydrogen-bond acceptors (Lipinski definition) is 8. The Bertz CT molecular complexity index is 507. The van der Waals surface area contributed by atoms with Gasteiger partial charge in [0.2, 0.25) is 5.91 Å². The highest BCUT2D eigenvalue weighted by molar-refractivity contribution is 5.78. The number of amides is 1. The molecular formula is C29H59NO8. The van der Waals surface area contributed by atoms with Crippen molar-refractivity contribution in [1.29, 1.82) is 0 Å². The van der Waals surface area contributed by atoms with Gasteiger partial charge in [0.05, 0.1) is 59.5 Å². The molecule has 1 amide bonds. The summed E-state index contributed by atoms with van der Waals surface area (Å²) in [5.41, 5.74) is -0.786. The Kier molecular flexibility index (Phi) is 23.5. The minimum absolute atomic E-state index is 0.0755. The SMILES string of the molecule is CC(C)CCOCCOCCOCCOCC(=O)NC(COCC(C)C)(COCC(C)C)COCC(C)C. The van der Waals surface area contributed by atoms with Crippen molar-refractivity contribution in [2.45, 2.75) is 67.3 Å². The van der Waals surface area contributed by atoms with Crippen LogP contribution in [0.4, 0.5) is 0 Å². The molecule has 0 atom stereocenters. The zero-order chi connectivity index (χ0) is 28.7. The van der Waals surface area contributed by atoms with Crippen molar-refractivity contribution in [1.82, 2.24) is 5.32 Å². The molecule has 0 aromatic heterocycles. The third-order valence-corrected chi connectivity index (χ3v) is 5.08. The molecule has 0 saturated carbocycles. The second-order valence-electron chi connectivity index (χ2n) is 11.6. The lowest BCUT2D eigenvalue weighted by Gasteiger charge is -2.35. The van der Waals surface area contributed by atoms with E-state index in [4.69, 9.17) is 33.2 Å². The average Bonchev–Trinajstić information content (AvgIpc) is 2.81. The van der Waals surface area contributed by atoms with E-state index in [-0.39, 0.29) is 12.5 Å². The molecule has 38 heavy (non-hydrogen) atoms. The Balaban J connectivity index is 4.41. The first-order valence-corrected chi connectivity index (χ1v) is 14.4. The molecule has 0 heterocycles. The summed E-state index contributed by atoms with van der Waals surface area (Å²) in [5, 5.41) is 3.09. The van der Waals surface area contributed by atoms with E-state index in [9.17, 15) is 4.79 Å². The van der Waals surface area contributed by atoms with Crippen LogP contribution in [-0.2, 0) is 38.0 Å². The standard InChI is InChI=1S/C29H59NO8/c1-24(2)9-10-32-11-12-33-13-14-34-15-16-35-20-28(31)30-29(21-36-17-25(3)4,22-37-18-26(5)6)23-38-19-27(7)8/h24-27H,9-23H2,1-8H3,(H,30,31). The predicted molar refractivity (Wildman–Crippen MR) is 151 cm³/mol. The van der Waals surface area contributed by atoms with E-state index in [1.54, 1.807) is 0 Å². The Morgan fingerprint density at radius 2 is 0.895 bits per heavy atom. The summed E-state index contributed by atoms with van der Waals surface area (Å²) in [6.07, 6.45) is 1.06. The zero-order valence-electron chi connectivity index (χ0n) is 25.7. The summed E-state index contributed by atoms with van der Waals surface area (Å²) in [5.74, 6) is 1.56. The molecule has 1 N–H and O–H groups in total. The molecule has 0 aliphatic heterocycles. The number of rotatable bonds is 27. The normalized spacial score (nSPS) is 12.4. The van der Waals surface area contributed by atoms with Gasteiger partial charge in [-0.15, -0.1) is 0 Å². The molecule has 0 aromatic rings. The van der Waals surface area contributed by atoms with Gasteiger partial charge >= 0.3 is 0 Å². The summed E-state index contributed by atoms with van der Waals surface area (Å²) < 4.78 is 39.9. The van der Waals surface area contributed by atoms with Gasteiger partial charge in [-0.2, -0.15) is 0 Å². The van der Waals surface area contributed by atoms with Gasteiger partial charge in [-0.3, -0.25) is 4.79 Å². The maximum Gasteiger partial charge on any atom is 0.246 e. The maximum atomic E-state index is 12.8.